The topological polar surface area (TPSA) is 220 Å². The van der Waals surface area contributed by atoms with Gasteiger partial charge < -0.3 is 53.2 Å². The van der Waals surface area contributed by atoms with Crippen LogP contribution < -0.4 is 0 Å². The van der Waals surface area contributed by atoms with E-state index >= 15 is 0 Å². The maximum Gasteiger partial charge on any atom is 0.333 e. The van der Waals surface area contributed by atoms with Crippen molar-refractivity contribution >= 4 is 29.8 Å². The maximum absolute atomic E-state index is 13.1. The Labute approximate surface area is 266 Å². The van der Waals surface area contributed by atoms with Gasteiger partial charge in [0.05, 0.1) is 12.5 Å². The molecule has 16 heteroatoms. The van der Waals surface area contributed by atoms with Gasteiger partial charge in [-0.1, -0.05) is 26.0 Å². The standard InChI is InChI=1S/C30H44O16/c1-9-15(5)27(37)42-22-19(11-31)41-29(24(44-28(38)16(6)10-2)23(22)43-26(36)14(3)4)46-30(13-32)25(40-18(8)34)21(35)20(45-30)12-39-17(7)33/h9-10,14,19-25,29,31-32,35H,11-13H2,1-8H3/t19-,20-,21-,22-,23+,24-,25+,29-,30+/m1/s1. The minimum absolute atomic E-state index is 0.110. The number of allylic oxidation sites excluding steroid dienone is 2. The molecular weight excluding hydrogens is 616 g/mol. The second-order valence-electron chi connectivity index (χ2n) is 11.0. The number of aliphatic hydroxyl groups is 3. The van der Waals surface area contributed by atoms with Gasteiger partial charge in [0.2, 0.25) is 12.1 Å². The fourth-order valence-corrected chi connectivity index (χ4v) is 4.44. The third kappa shape index (κ3) is 9.33. The molecule has 260 valence electrons. The number of carbonyl (C=O) groups is 5. The van der Waals surface area contributed by atoms with E-state index in [4.69, 9.17) is 37.9 Å². The largest absolute Gasteiger partial charge is 0.463 e. The van der Waals surface area contributed by atoms with Gasteiger partial charge in [0, 0.05) is 25.0 Å². The Morgan fingerprint density at radius 2 is 1.37 bits per heavy atom. The Morgan fingerprint density at radius 3 is 1.83 bits per heavy atom. The lowest BCUT2D eigenvalue weighted by atomic mass is 9.97. The van der Waals surface area contributed by atoms with Gasteiger partial charge in [0.1, 0.15) is 31.5 Å². The quantitative estimate of drug-likeness (QED) is 0.134. The summed E-state index contributed by atoms with van der Waals surface area (Å²) in [6.07, 6.45) is -10.3. The highest BCUT2D eigenvalue weighted by atomic mass is 16.8. The summed E-state index contributed by atoms with van der Waals surface area (Å²) in [5, 5.41) is 31.9. The van der Waals surface area contributed by atoms with Crippen LogP contribution in [0.25, 0.3) is 0 Å². The number of esters is 5. The van der Waals surface area contributed by atoms with E-state index in [0.717, 1.165) is 13.8 Å². The zero-order valence-electron chi connectivity index (χ0n) is 27.1. The first-order chi connectivity index (χ1) is 21.5. The number of hydrogen-bond acceptors (Lipinski definition) is 16. The van der Waals surface area contributed by atoms with Crippen LogP contribution in [0.1, 0.15) is 55.4 Å². The van der Waals surface area contributed by atoms with Crippen molar-refractivity contribution in [2.75, 3.05) is 19.8 Å². The van der Waals surface area contributed by atoms with Crippen molar-refractivity contribution in [2.45, 2.75) is 110 Å². The number of aliphatic hydroxyl groups excluding tert-OH is 3. The SMILES string of the molecule is CC=C(C)C(=O)O[C@H]1[C@@H](O[C@]2(CO)O[C@H](COC(C)=O)[C@@H](O)[C@@H]2OC(C)=O)O[C@H](CO)[C@@H](OC(=O)C(C)=CC)[C@@H]1OC(=O)C(C)C. The third-order valence-corrected chi connectivity index (χ3v) is 7.25. The fraction of sp³-hybridized carbons (Fsp3) is 0.700. The molecule has 0 bridgehead atoms. The smallest absolute Gasteiger partial charge is 0.333 e. The predicted octanol–water partition coefficient (Wildman–Crippen LogP) is -0.0129. The van der Waals surface area contributed by atoms with Gasteiger partial charge in [-0.05, 0) is 27.7 Å². The monoisotopic (exact) mass is 660 g/mol. The Hall–Kier alpha value is -3.41. The van der Waals surface area contributed by atoms with E-state index < -0.39 is 110 Å². The zero-order chi connectivity index (χ0) is 34.9. The van der Waals surface area contributed by atoms with E-state index in [2.05, 4.69) is 0 Å². The van der Waals surface area contributed by atoms with Gasteiger partial charge in [-0.25, -0.2) is 9.59 Å². The van der Waals surface area contributed by atoms with Gasteiger partial charge in [0.15, 0.2) is 24.4 Å². The van der Waals surface area contributed by atoms with Gasteiger partial charge in [-0.2, -0.15) is 0 Å². The highest BCUT2D eigenvalue weighted by Gasteiger charge is 2.62. The minimum Gasteiger partial charge on any atom is -0.463 e. The average Bonchev–Trinajstić information content (AvgIpc) is 3.26. The summed E-state index contributed by atoms with van der Waals surface area (Å²) in [6.45, 7) is 8.73. The highest BCUT2D eigenvalue weighted by Crippen LogP contribution is 2.40. The predicted molar refractivity (Wildman–Crippen MR) is 153 cm³/mol. The summed E-state index contributed by atoms with van der Waals surface area (Å²) in [5.74, 6) is -7.39. The van der Waals surface area contributed by atoms with Gasteiger partial charge in [-0.3, -0.25) is 14.4 Å². The summed E-state index contributed by atoms with van der Waals surface area (Å²) in [6, 6.07) is 0. The lowest BCUT2D eigenvalue weighted by molar-refractivity contribution is -0.384. The molecule has 0 aromatic carbocycles. The molecule has 46 heavy (non-hydrogen) atoms. The van der Waals surface area contributed by atoms with Crippen LogP contribution >= 0.6 is 0 Å². The van der Waals surface area contributed by atoms with Crippen molar-refractivity contribution in [1.29, 1.82) is 0 Å². The summed E-state index contributed by atoms with van der Waals surface area (Å²) >= 11 is 0. The van der Waals surface area contributed by atoms with Gasteiger partial charge >= 0.3 is 29.8 Å². The van der Waals surface area contributed by atoms with Crippen LogP contribution in [-0.4, -0.2) is 120 Å². The molecule has 0 aliphatic carbocycles. The van der Waals surface area contributed by atoms with E-state index in [0.29, 0.717) is 0 Å². The molecule has 2 fully saturated rings. The highest BCUT2D eigenvalue weighted by molar-refractivity contribution is 5.88. The first kappa shape index (κ1) is 38.8. The van der Waals surface area contributed by atoms with E-state index in [1.807, 2.05) is 0 Å². The molecule has 0 amide bonds. The molecule has 0 radical (unpaired) electrons. The molecule has 2 heterocycles. The van der Waals surface area contributed by atoms with E-state index in [9.17, 15) is 39.3 Å². The zero-order valence-corrected chi connectivity index (χ0v) is 27.1. The lowest BCUT2D eigenvalue weighted by Crippen LogP contribution is -2.65. The van der Waals surface area contributed by atoms with Crippen LogP contribution in [-0.2, 0) is 61.9 Å². The average molecular weight is 661 g/mol. The Bertz CT molecular complexity index is 1180. The molecule has 0 saturated carbocycles. The fourth-order valence-electron chi connectivity index (χ4n) is 4.44. The van der Waals surface area contributed by atoms with Crippen LogP contribution in [0, 0.1) is 5.92 Å². The molecule has 0 unspecified atom stereocenters. The number of carbonyl (C=O) groups excluding carboxylic acids is 5. The molecule has 2 saturated heterocycles. The molecular formula is C30H44O16. The van der Waals surface area contributed by atoms with Crippen molar-refractivity contribution in [1.82, 2.24) is 0 Å². The molecule has 3 N–H and O–H groups in total. The summed E-state index contributed by atoms with van der Waals surface area (Å²) in [7, 11) is 0. The first-order valence-corrected chi connectivity index (χ1v) is 14.6. The summed E-state index contributed by atoms with van der Waals surface area (Å²) in [5.41, 5.74) is 0.275. The molecule has 16 nitrogen and oxygen atoms in total. The Balaban J connectivity index is 2.71. The molecule has 2 aliphatic heterocycles. The van der Waals surface area contributed by atoms with Crippen molar-refractivity contribution < 1.29 is 77.2 Å². The van der Waals surface area contributed by atoms with Crippen LogP contribution in [0.5, 0.6) is 0 Å². The van der Waals surface area contributed by atoms with Crippen molar-refractivity contribution in [3.63, 3.8) is 0 Å². The van der Waals surface area contributed by atoms with Gasteiger partial charge in [-0.15, -0.1) is 0 Å². The number of ether oxygens (including phenoxy) is 8. The second-order valence-corrected chi connectivity index (χ2v) is 11.0. The molecule has 0 spiro atoms. The van der Waals surface area contributed by atoms with Gasteiger partial charge in [0.25, 0.3) is 0 Å². The Kier molecular flexibility index (Phi) is 14.3. The maximum atomic E-state index is 13.1. The van der Waals surface area contributed by atoms with E-state index in [1.165, 1.54) is 39.8 Å². The van der Waals surface area contributed by atoms with E-state index in [1.54, 1.807) is 13.8 Å². The molecule has 0 aromatic heterocycles. The molecule has 2 rings (SSSR count). The van der Waals surface area contributed by atoms with Crippen LogP contribution in [0.4, 0.5) is 0 Å². The first-order valence-electron chi connectivity index (χ1n) is 14.6. The number of hydrogen-bond donors (Lipinski definition) is 3. The van der Waals surface area contributed by atoms with Crippen LogP contribution in [0.3, 0.4) is 0 Å². The van der Waals surface area contributed by atoms with E-state index in [-0.39, 0.29) is 11.1 Å². The molecule has 9 atom stereocenters. The van der Waals surface area contributed by atoms with Crippen molar-refractivity contribution in [2.24, 2.45) is 5.92 Å². The number of rotatable bonds is 13. The van der Waals surface area contributed by atoms with Crippen LogP contribution in [0.15, 0.2) is 23.3 Å². The lowest BCUT2D eigenvalue weighted by Gasteiger charge is -2.46. The normalized spacial score (nSPS) is 31.7. The molecule has 0 aromatic rings. The summed E-state index contributed by atoms with van der Waals surface area (Å²) in [4.78, 5) is 62.4. The second kappa shape index (κ2) is 16.9. The van der Waals surface area contributed by atoms with Crippen molar-refractivity contribution in [3.05, 3.63) is 23.3 Å². The molecule has 2 aliphatic rings. The van der Waals surface area contributed by atoms with Crippen LogP contribution in [0.2, 0.25) is 0 Å². The minimum atomic E-state index is -2.45. The van der Waals surface area contributed by atoms with Crippen molar-refractivity contribution in [3.8, 4) is 0 Å². The Morgan fingerprint density at radius 1 is 0.804 bits per heavy atom. The summed E-state index contributed by atoms with van der Waals surface area (Å²) < 4.78 is 44.9. The third-order valence-electron chi connectivity index (χ3n) is 7.25.